The van der Waals surface area contributed by atoms with E-state index in [4.69, 9.17) is 4.74 Å². The van der Waals surface area contributed by atoms with Gasteiger partial charge in [-0.3, -0.25) is 9.59 Å². The van der Waals surface area contributed by atoms with Crippen molar-refractivity contribution in [2.45, 2.75) is 70.8 Å². The minimum atomic E-state index is -0.107. The van der Waals surface area contributed by atoms with E-state index in [9.17, 15) is 9.59 Å². The highest BCUT2D eigenvalue weighted by molar-refractivity contribution is 6.07. The molecular weight excluding hydrogens is 288 g/mol. The summed E-state index contributed by atoms with van der Waals surface area (Å²) in [5, 5.41) is 0. The van der Waals surface area contributed by atoms with Crippen LogP contribution in [0.15, 0.2) is 36.0 Å². The number of hydrogen-bond donors (Lipinski definition) is 0. The van der Waals surface area contributed by atoms with Crippen molar-refractivity contribution in [3.05, 3.63) is 36.0 Å². The molecule has 0 spiro atoms. The molecule has 3 nitrogen and oxygen atoms in total. The maximum Gasteiger partial charge on any atom is 0.306 e. The number of unbranched alkanes of at least 4 members (excludes halogenated alkanes) is 2. The second-order valence-corrected chi connectivity index (χ2v) is 6.43. The highest BCUT2D eigenvalue weighted by atomic mass is 16.5. The standard InChI is InChI=1S/C20H28O3/c1-2-3-6-10-17-13-14-18-16(12-15-19(18)21)9-7-4-5-8-11-20(22)23-17/h4,7,12,14-17H,2-3,5-6,8-11,13H2,1H3/b7-4-,18-14+/t16-,17-/m0/s1. The van der Waals surface area contributed by atoms with Crippen molar-refractivity contribution in [2.75, 3.05) is 0 Å². The zero-order chi connectivity index (χ0) is 16.5. The number of rotatable bonds is 4. The molecule has 3 heteroatoms. The van der Waals surface area contributed by atoms with E-state index in [2.05, 4.69) is 19.1 Å². The van der Waals surface area contributed by atoms with Gasteiger partial charge in [0.25, 0.3) is 0 Å². The van der Waals surface area contributed by atoms with Crippen LogP contribution in [0.3, 0.4) is 0 Å². The summed E-state index contributed by atoms with van der Waals surface area (Å²) in [6.45, 7) is 2.17. The molecule has 126 valence electrons. The van der Waals surface area contributed by atoms with Gasteiger partial charge in [-0.25, -0.2) is 0 Å². The van der Waals surface area contributed by atoms with Gasteiger partial charge in [-0.05, 0) is 38.2 Å². The highest BCUT2D eigenvalue weighted by Crippen LogP contribution is 2.27. The maximum absolute atomic E-state index is 12.0. The first-order valence-electron chi connectivity index (χ1n) is 8.97. The molecule has 1 aliphatic carbocycles. The van der Waals surface area contributed by atoms with Crippen LogP contribution in [0.4, 0.5) is 0 Å². The molecule has 0 amide bonds. The van der Waals surface area contributed by atoms with Crippen molar-refractivity contribution in [1.82, 2.24) is 0 Å². The van der Waals surface area contributed by atoms with E-state index in [1.165, 1.54) is 0 Å². The Hall–Kier alpha value is -1.64. The Labute approximate surface area is 139 Å². The molecule has 2 aliphatic rings. The number of ether oxygens (including phenoxy) is 1. The molecule has 0 aromatic carbocycles. The zero-order valence-corrected chi connectivity index (χ0v) is 14.1. The van der Waals surface area contributed by atoms with E-state index < -0.39 is 0 Å². The van der Waals surface area contributed by atoms with Crippen LogP contribution in [0.2, 0.25) is 0 Å². The van der Waals surface area contributed by atoms with Gasteiger partial charge in [-0.15, -0.1) is 0 Å². The lowest BCUT2D eigenvalue weighted by Gasteiger charge is -2.17. The van der Waals surface area contributed by atoms with Gasteiger partial charge in [0.1, 0.15) is 6.10 Å². The molecule has 2 rings (SSSR count). The monoisotopic (exact) mass is 316 g/mol. The topological polar surface area (TPSA) is 43.4 Å². The first kappa shape index (κ1) is 17.7. The fraction of sp³-hybridized carbons (Fsp3) is 0.600. The van der Waals surface area contributed by atoms with Gasteiger partial charge in [0, 0.05) is 24.3 Å². The Morgan fingerprint density at radius 2 is 2.04 bits per heavy atom. The summed E-state index contributed by atoms with van der Waals surface area (Å²) in [5.74, 6) is 0.188. The first-order valence-corrected chi connectivity index (χ1v) is 8.97. The van der Waals surface area contributed by atoms with E-state index in [0.29, 0.717) is 12.8 Å². The van der Waals surface area contributed by atoms with Gasteiger partial charge in [0.05, 0.1) is 0 Å². The van der Waals surface area contributed by atoms with Crippen molar-refractivity contribution in [1.29, 1.82) is 0 Å². The number of carbonyl (C=O) groups is 2. The van der Waals surface area contributed by atoms with Gasteiger partial charge < -0.3 is 4.74 Å². The molecule has 0 aromatic heterocycles. The van der Waals surface area contributed by atoms with E-state index in [1.807, 2.05) is 12.2 Å². The SMILES string of the molecule is CCCCC[C@H]1C/C=C2/C(=O)C=C[C@@H]2C/C=C\CCCC(=O)O1. The van der Waals surface area contributed by atoms with Crippen LogP contribution in [0, 0.1) is 5.92 Å². The van der Waals surface area contributed by atoms with Crippen LogP contribution in [-0.4, -0.2) is 17.9 Å². The quantitative estimate of drug-likeness (QED) is 0.429. The summed E-state index contributed by atoms with van der Waals surface area (Å²) < 4.78 is 5.66. The van der Waals surface area contributed by atoms with Crippen molar-refractivity contribution in [3.63, 3.8) is 0 Å². The number of allylic oxidation sites excluding steroid dienone is 5. The largest absolute Gasteiger partial charge is 0.462 e. The van der Waals surface area contributed by atoms with Crippen molar-refractivity contribution < 1.29 is 14.3 Å². The lowest BCUT2D eigenvalue weighted by molar-refractivity contribution is -0.149. The maximum atomic E-state index is 12.0. The van der Waals surface area contributed by atoms with Gasteiger partial charge in [0.2, 0.25) is 0 Å². The number of fused-ring (bicyclic) bond motifs is 1. The second-order valence-electron chi connectivity index (χ2n) is 6.43. The third kappa shape index (κ3) is 5.81. The number of hydrogen-bond acceptors (Lipinski definition) is 3. The molecule has 2 atom stereocenters. The highest BCUT2D eigenvalue weighted by Gasteiger charge is 2.23. The van der Waals surface area contributed by atoms with Gasteiger partial charge in [-0.1, -0.05) is 44.1 Å². The molecule has 0 fully saturated rings. The van der Waals surface area contributed by atoms with Gasteiger partial charge in [0.15, 0.2) is 5.78 Å². The summed E-state index contributed by atoms with van der Waals surface area (Å²) in [5.41, 5.74) is 0.866. The van der Waals surface area contributed by atoms with E-state index in [1.54, 1.807) is 6.08 Å². The Morgan fingerprint density at radius 1 is 1.17 bits per heavy atom. The number of carbonyl (C=O) groups excluding carboxylic acids is 2. The fourth-order valence-corrected chi connectivity index (χ4v) is 3.12. The number of esters is 1. The van der Waals surface area contributed by atoms with Crippen LogP contribution < -0.4 is 0 Å². The van der Waals surface area contributed by atoms with Gasteiger partial charge in [-0.2, -0.15) is 0 Å². The third-order valence-electron chi connectivity index (χ3n) is 4.50. The number of cyclic esters (lactones) is 1. The summed E-state index contributed by atoms with van der Waals surface area (Å²) in [6, 6.07) is 0. The minimum absolute atomic E-state index is 0.0932. The second kappa shape index (κ2) is 9.49. The molecule has 0 unspecified atom stereocenters. The molecule has 0 saturated carbocycles. The van der Waals surface area contributed by atoms with E-state index >= 15 is 0 Å². The van der Waals surface area contributed by atoms with Crippen LogP contribution in [-0.2, 0) is 14.3 Å². The average molecular weight is 316 g/mol. The fourth-order valence-electron chi connectivity index (χ4n) is 3.12. The Kier molecular flexibility index (Phi) is 7.31. The lowest BCUT2D eigenvalue weighted by Crippen LogP contribution is -2.18. The number of ketones is 1. The predicted molar refractivity (Wildman–Crippen MR) is 92.0 cm³/mol. The van der Waals surface area contributed by atoms with Crippen LogP contribution in [0.5, 0.6) is 0 Å². The van der Waals surface area contributed by atoms with E-state index in [0.717, 1.165) is 50.5 Å². The first-order chi connectivity index (χ1) is 11.2. The van der Waals surface area contributed by atoms with Gasteiger partial charge >= 0.3 is 5.97 Å². The molecule has 0 bridgehead atoms. The molecule has 0 N–H and O–H groups in total. The Bertz CT molecular complexity index is 499. The molecule has 0 saturated heterocycles. The van der Waals surface area contributed by atoms with Crippen LogP contribution in [0.1, 0.15) is 64.7 Å². The van der Waals surface area contributed by atoms with E-state index in [-0.39, 0.29) is 23.8 Å². The molecule has 1 heterocycles. The van der Waals surface area contributed by atoms with Crippen molar-refractivity contribution in [3.8, 4) is 0 Å². The normalized spacial score (nSPS) is 29.5. The molecular formula is C20H28O3. The third-order valence-corrected chi connectivity index (χ3v) is 4.50. The summed E-state index contributed by atoms with van der Waals surface area (Å²) in [7, 11) is 0. The summed E-state index contributed by atoms with van der Waals surface area (Å²) >= 11 is 0. The van der Waals surface area contributed by atoms with Crippen molar-refractivity contribution >= 4 is 11.8 Å². The molecule has 1 aliphatic heterocycles. The summed E-state index contributed by atoms with van der Waals surface area (Å²) in [4.78, 5) is 24.0. The smallest absolute Gasteiger partial charge is 0.306 e. The minimum Gasteiger partial charge on any atom is -0.462 e. The molecule has 23 heavy (non-hydrogen) atoms. The van der Waals surface area contributed by atoms with Crippen LogP contribution >= 0.6 is 0 Å². The summed E-state index contributed by atoms with van der Waals surface area (Å²) in [6.07, 6.45) is 17.8. The molecule has 0 radical (unpaired) electrons. The van der Waals surface area contributed by atoms with Crippen molar-refractivity contribution in [2.24, 2.45) is 5.92 Å². The van der Waals surface area contributed by atoms with Crippen LogP contribution in [0.25, 0.3) is 0 Å². The average Bonchev–Trinajstić information content (AvgIpc) is 2.88. The Balaban J connectivity index is 2.07. The zero-order valence-electron chi connectivity index (χ0n) is 14.1. The Morgan fingerprint density at radius 3 is 2.87 bits per heavy atom. The predicted octanol–water partition coefficient (Wildman–Crippen LogP) is 4.68. The lowest BCUT2D eigenvalue weighted by atomic mass is 9.95. The molecule has 0 aromatic rings.